The minimum atomic E-state index is -0.141. The van der Waals surface area contributed by atoms with Crippen LogP contribution in [-0.2, 0) is 9.53 Å². The van der Waals surface area contributed by atoms with Crippen molar-refractivity contribution in [3.05, 3.63) is 0 Å². The third-order valence-corrected chi connectivity index (χ3v) is 3.98. The van der Waals surface area contributed by atoms with Crippen LogP contribution in [0.5, 0.6) is 0 Å². The molecule has 1 fully saturated rings. The number of carbonyl (C=O) groups is 1. The summed E-state index contributed by atoms with van der Waals surface area (Å²) in [6.07, 6.45) is 5.27. The summed E-state index contributed by atoms with van der Waals surface area (Å²) in [5.41, 5.74) is -0.141. The Balaban J connectivity index is 2.54. The molecule has 0 aromatic rings. The maximum absolute atomic E-state index is 12.2. The van der Waals surface area contributed by atoms with Gasteiger partial charge in [-0.05, 0) is 19.3 Å². The van der Waals surface area contributed by atoms with Gasteiger partial charge in [0, 0.05) is 18.4 Å². The van der Waals surface area contributed by atoms with Crippen LogP contribution in [0.1, 0.15) is 39.0 Å². The molecule has 1 unspecified atom stereocenters. The molecular weight excluding hydrogens is 226 g/mol. The number of halogens is 1. The highest BCUT2D eigenvalue weighted by atomic mass is 35.5. The highest BCUT2D eigenvalue weighted by Gasteiger charge is 2.39. The second-order valence-corrected chi connectivity index (χ2v) is 4.93. The Morgan fingerprint density at radius 3 is 2.56 bits per heavy atom. The first kappa shape index (κ1) is 13.8. The summed E-state index contributed by atoms with van der Waals surface area (Å²) in [6.45, 7) is 2.58. The van der Waals surface area contributed by atoms with E-state index in [1.54, 1.807) is 7.11 Å². The summed E-state index contributed by atoms with van der Waals surface area (Å²) in [7, 11) is 1.62. The van der Waals surface area contributed by atoms with Crippen LogP contribution in [0.4, 0.5) is 0 Å². The number of hydrogen-bond donors (Lipinski definition) is 1. The third kappa shape index (κ3) is 3.11. The zero-order valence-corrected chi connectivity index (χ0v) is 11.0. The van der Waals surface area contributed by atoms with E-state index in [1.807, 2.05) is 0 Å². The Morgan fingerprint density at radius 2 is 2.12 bits per heavy atom. The van der Waals surface area contributed by atoms with Crippen LogP contribution in [0.2, 0.25) is 0 Å². The maximum Gasteiger partial charge on any atom is 0.226 e. The smallest absolute Gasteiger partial charge is 0.226 e. The Labute approximate surface area is 103 Å². The van der Waals surface area contributed by atoms with Crippen molar-refractivity contribution >= 4 is 17.5 Å². The zero-order chi connectivity index (χ0) is 12.0. The van der Waals surface area contributed by atoms with Gasteiger partial charge in [-0.2, -0.15) is 0 Å². The van der Waals surface area contributed by atoms with E-state index in [9.17, 15) is 4.79 Å². The van der Waals surface area contributed by atoms with Gasteiger partial charge in [-0.15, -0.1) is 11.6 Å². The van der Waals surface area contributed by atoms with E-state index >= 15 is 0 Å². The SMILES string of the molecule is CCC1(C(=O)NC(CCl)COC)CCCC1. The summed E-state index contributed by atoms with van der Waals surface area (Å²) in [4.78, 5) is 12.2. The van der Waals surface area contributed by atoms with E-state index in [0.29, 0.717) is 12.5 Å². The number of alkyl halides is 1. The molecule has 0 radical (unpaired) electrons. The predicted molar refractivity (Wildman–Crippen MR) is 65.7 cm³/mol. The van der Waals surface area contributed by atoms with Crippen molar-refractivity contribution in [2.45, 2.75) is 45.1 Å². The summed E-state index contributed by atoms with van der Waals surface area (Å²) >= 11 is 5.79. The van der Waals surface area contributed by atoms with Crippen molar-refractivity contribution in [3.63, 3.8) is 0 Å². The van der Waals surface area contributed by atoms with Gasteiger partial charge in [0.25, 0.3) is 0 Å². The zero-order valence-electron chi connectivity index (χ0n) is 10.2. The lowest BCUT2D eigenvalue weighted by atomic mass is 9.82. The molecule has 1 amide bonds. The lowest BCUT2D eigenvalue weighted by Gasteiger charge is -2.28. The average molecular weight is 248 g/mol. The van der Waals surface area contributed by atoms with Crippen LogP contribution in [-0.4, -0.2) is 31.5 Å². The van der Waals surface area contributed by atoms with Gasteiger partial charge >= 0.3 is 0 Å². The molecule has 0 aromatic carbocycles. The van der Waals surface area contributed by atoms with E-state index in [-0.39, 0.29) is 17.4 Å². The Morgan fingerprint density at radius 1 is 1.50 bits per heavy atom. The van der Waals surface area contributed by atoms with Crippen LogP contribution in [0.25, 0.3) is 0 Å². The van der Waals surface area contributed by atoms with Gasteiger partial charge in [0.1, 0.15) is 0 Å². The summed E-state index contributed by atoms with van der Waals surface area (Å²) in [5.74, 6) is 0.564. The standard InChI is InChI=1S/C12H22ClNO2/c1-3-12(6-4-5-7-12)11(15)14-10(8-13)9-16-2/h10H,3-9H2,1-2H3,(H,14,15). The lowest BCUT2D eigenvalue weighted by molar-refractivity contribution is -0.132. The molecule has 0 saturated heterocycles. The van der Waals surface area contributed by atoms with E-state index in [2.05, 4.69) is 12.2 Å². The van der Waals surface area contributed by atoms with Crippen LogP contribution >= 0.6 is 11.6 Å². The molecule has 1 atom stereocenters. The first-order valence-electron chi connectivity index (χ1n) is 6.04. The van der Waals surface area contributed by atoms with Crippen molar-refractivity contribution in [1.82, 2.24) is 5.32 Å². The summed E-state index contributed by atoms with van der Waals surface area (Å²) in [5, 5.41) is 3.01. The van der Waals surface area contributed by atoms with Gasteiger partial charge in [-0.1, -0.05) is 19.8 Å². The van der Waals surface area contributed by atoms with E-state index in [1.165, 1.54) is 0 Å². The fraction of sp³-hybridized carbons (Fsp3) is 0.917. The monoisotopic (exact) mass is 247 g/mol. The number of amides is 1. The molecule has 3 nitrogen and oxygen atoms in total. The minimum Gasteiger partial charge on any atom is -0.383 e. The molecule has 16 heavy (non-hydrogen) atoms. The van der Waals surface area contributed by atoms with E-state index in [0.717, 1.165) is 32.1 Å². The highest BCUT2D eigenvalue weighted by Crippen LogP contribution is 2.41. The Kier molecular flexibility index (Phi) is 5.56. The normalized spacial score (nSPS) is 20.7. The molecule has 1 aliphatic rings. The minimum absolute atomic E-state index is 0.0665. The summed E-state index contributed by atoms with van der Waals surface area (Å²) < 4.78 is 5.03. The molecule has 0 heterocycles. The number of carbonyl (C=O) groups excluding carboxylic acids is 1. The number of nitrogens with one attached hydrogen (secondary N) is 1. The topological polar surface area (TPSA) is 38.3 Å². The molecule has 94 valence electrons. The molecule has 1 N–H and O–H groups in total. The van der Waals surface area contributed by atoms with Gasteiger partial charge in [0.15, 0.2) is 0 Å². The van der Waals surface area contributed by atoms with Crippen LogP contribution in [0.15, 0.2) is 0 Å². The van der Waals surface area contributed by atoms with Crippen LogP contribution in [0.3, 0.4) is 0 Å². The van der Waals surface area contributed by atoms with Gasteiger partial charge < -0.3 is 10.1 Å². The first-order valence-corrected chi connectivity index (χ1v) is 6.58. The Hall–Kier alpha value is -0.280. The number of hydrogen-bond acceptors (Lipinski definition) is 2. The van der Waals surface area contributed by atoms with Gasteiger partial charge in [-0.3, -0.25) is 4.79 Å². The van der Waals surface area contributed by atoms with Crippen LogP contribution in [0, 0.1) is 5.41 Å². The van der Waals surface area contributed by atoms with E-state index < -0.39 is 0 Å². The van der Waals surface area contributed by atoms with Crippen molar-refractivity contribution in [3.8, 4) is 0 Å². The van der Waals surface area contributed by atoms with E-state index in [4.69, 9.17) is 16.3 Å². The van der Waals surface area contributed by atoms with Crippen molar-refractivity contribution < 1.29 is 9.53 Å². The molecule has 0 aliphatic heterocycles. The van der Waals surface area contributed by atoms with Crippen molar-refractivity contribution in [2.24, 2.45) is 5.41 Å². The lowest BCUT2D eigenvalue weighted by Crippen LogP contribution is -2.46. The largest absolute Gasteiger partial charge is 0.383 e. The fourth-order valence-corrected chi connectivity index (χ4v) is 2.62. The second kappa shape index (κ2) is 6.45. The first-order chi connectivity index (χ1) is 7.68. The number of methoxy groups -OCH3 is 1. The van der Waals surface area contributed by atoms with Crippen molar-refractivity contribution in [1.29, 1.82) is 0 Å². The molecule has 0 spiro atoms. The van der Waals surface area contributed by atoms with Gasteiger partial charge in [-0.25, -0.2) is 0 Å². The van der Waals surface area contributed by atoms with Crippen LogP contribution < -0.4 is 5.32 Å². The quantitative estimate of drug-likeness (QED) is 0.732. The molecule has 0 aromatic heterocycles. The summed E-state index contributed by atoms with van der Waals surface area (Å²) in [6, 6.07) is -0.0665. The second-order valence-electron chi connectivity index (χ2n) is 4.62. The maximum atomic E-state index is 12.2. The molecule has 0 bridgehead atoms. The molecule has 1 saturated carbocycles. The van der Waals surface area contributed by atoms with Crippen molar-refractivity contribution in [2.75, 3.05) is 19.6 Å². The average Bonchev–Trinajstić information content (AvgIpc) is 2.78. The Bertz CT molecular complexity index is 227. The predicted octanol–water partition coefficient (Wildman–Crippen LogP) is 2.33. The third-order valence-electron chi connectivity index (χ3n) is 3.61. The molecule has 1 aliphatic carbocycles. The van der Waals surface area contributed by atoms with Gasteiger partial charge in [0.2, 0.25) is 5.91 Å². The highest BCUT2D eigenvalue weighted by molar-refractivity contribution is 6.18. The molecular formula is C12H22ClNO2. The number of rotatable bonds is 6. The molecule has 4 heteroatoms. The molecule has 1 rings (SSSR count). The number of ether oxygens (including phenoxy) is 1. The fourth-order valence-electron chi connectivity index (χ4n) is 2.46. The van der Waals surface area contributed by atoms with Gasteiger partial charge in [0.05, 0.1) is 12.6 Å².